The first kappa shape index (κ1) is 8.26. The number of fused-ring (bicyclic) bond motifs is 1. The Morgan fingerprint density at radius 3 is 3.15 bits per heavy atom. The summed E-state index contributed by atoms with van der Waals surface area (Å²) < 4.78 is 0. The van der Waals surface area contributed by atoms with E-state index in [-0.39, 0.29) is 0 Å². The first-order valence-electron chi connectivity index (χ1n) is 4.41. The summed E-state index contributed by atoms with van der Waals surface area (Å²) in [4.78, 5) is 7.39. The van der Waals surface area contributed by atoms with Gasteiger partial charge in [0.05, 0.1) is 0 Å². The highest BCUT2D eigenvalue weighted by Crippen LogP contribution is 2.16. The van der Waals surface area contributed by atoms with Crippen LogP contribution in [0.3, 0.4) is 0 Å². The summed E-state index contributed by atoms with van der Waals surface area (Å²) in [5, 5.41) is 4.35. The number of hydrogen-bond acceptors (Lipinski definition) is 2. The van der Waals surface area contributed by atoms with Crippen LogP contribution in [-0.4, -0.2) is 17.0 Å². The Balaban J connectivity index is 2.48. The molecule has 2 rings (SSSR count). The highest BCUT2D eigenvalue weighted by atomic mass is 14.9. The van der Waals surface area contributed by atoms with Gasteiger partial charge in [0, 0.05) is 23.8 Å². The van der Waals surface area contributed by atoms with Gasteiger partial charge < -0.3 is 10.3 Å². The molecule has 2 heterocycles. The van der Waals surface area contributed by atoms with E-state index in [0.717, 1.165) is 5.65 Å². The van der Waals surface area contributed by atoms with E-state index in [1.807, 2.05) is 25.5 Å². The van der Waals surface area contributed by atoms with Crippen molar-refractivity contribution in [1.29, 1.82) is 0 Å². The predicted octanol–water partition coefficient (Wildman–Crippen LogP) is 1.84. The topological polar surface area (TPSA) is 40.7 Å². The van der Waals surface area contributed by atoms with Gasteiger partial charge in [-0.3, -0.25) is 0 Å². The molecule has 0 radical (unpaired) electrons. The number of nitrogens with one attached hydrogen (secondary N) is 2. The third kappa shape index (κ3) is 1.42. The fraction of sp³-hybridized carbons (Fsp3) is 0.300. The average molecular weight is 175 g/mol. The molecule has 0 fully saturated rings. The van der Waals surface area contributed by atoms with E-state index in [1.165, 1.54) is 10.9 Å². The molecule has 2 N–H and O–H groups in total. The van der Waals surface area contributed by atoms with Crippen LogP contribution in [0.5, 0.6) is 0 Å². The zero-order chi connectivity index (χ0) is 9.26. The molecule has 68 valence electrons. The van der Waals surface area contributed by atoms with Gasteiger partial charge in [0.2, 0.25) is 0 Å². The normalized spacial score (nSPS) is 13.4. The number of aromatic nitrogens is 2. The predicted molar refractivity (Wildman–Crippen MR) is 53.6 cm³/mol. The fourth-order valence-electron chi connectivity index (χ4n) is 1.36. The second kappa shape index (κ2) is 3.18. The first-order valence-corrected chi connectivity index (χ1v) is 4.41. The van der Waals surface area contributed by atoms with Crippen molar-refractivity contribution in [3.05, 3.63) is 30.1 Å². The molecule has 0 spiro atoms. The lowest BCUT2D eigenvalue weighted by Crippen LogP contribution is -2.12. The van der Waals surface area contributed by atoms with E-state index < -0.39 is 0 Å². The van der Waals surface area contributed by atoms with Gasteiger partial charge in [-0.2, -0.15) is 0 Å². The maximum absolute atomic E-state index is 4.31. The summed E-state index contributed by atoms with van der Waals surface area (Å²) in [6.45, 7) is 2.12. The maximum atomic E-state index is 4.31. The smallest absolute Gasteiger partial charge is 0.137 e. The van der Waals surface area contributed by atoms with Crippen LogP contribution < -0.4 is 5.32 Å². The van der Waals surface area contributed by atoms with Crippen molar-refractivity contribution in [1.82, 2.24) is 15.3 Å². The van der Waals surface area contributed by atoms with Gasteiger partial charge >= 0.3 is 0 Å². The number of pyridine rings is 1. The summed E-state index contributed by atoms with van der Waals surface area (Å²) in [6, 6.07) is 4.54. The molecule has 1 atom stereocenters. The summed E-state index contributed by atoms with van der Waals surface area (Å²) in [5.41, 5.74) is 2.17. The van der Waals surface area contributed by atoms with Crippen LogP contribution in [-0.2, 0) is 0 Å². The highest BCUT2D eigenvalue weighted by molar-refractivity contribution is 5.75. The van der Waals surface area contributed by atoms with Crippen molar-refractivity contribution in [3.8, 4) is 0 Å². The van der Waals surface area contributed by atoms with E-state index >= 15 is 0 Å². The van der Waals surface area contributed by atoms with Crippen LogP contribution in [0, 0.1) is 0 Å². The van der Waals surface area contributed by atoms with Crippen molar-refractivity contribution in [2.24, 2.45) is 0 Å². The molecule has 0 aliphatic rings. The molecule has 0 saturated carbocycles. The maximum Gasteiger partial charge on any atom is 0.137 e. The Labute approximate surface area is 77.2 Å². The Kier molecular flexibility index (Phi) is 2.02. The third-order valence-electron chi connectivity index (χ3n) is 2.35. The zero-order valence-electron chi connectivity index (χ0n) is 7.83. The number of H-pyrrole nitrogens is 1. The van der Waals surface area contributed by atoms with Gasteiger partial charge in [0.25, 0.3) is 0 Å². The largest absolute Gasteiger partial charge is 0.346 e. The van der Waals surface area contributed by atoms with Gasteiger partial charge in [0.1, 0.15) is 5.65 Å². The van der Waals surface area contributed by atoms with Gasteiger partial charge in [-0.25, -0.2) is 4.98 Å². The Morgan fingerprint density at radius 2 is 2.38 bits per heavy atom. The zero-order valence-corrected chi connectivity index (χ0v) is 7.83. The molecule has 0 saturated heterocycles. The molecule has 3 nitrogen and oxygen atoms in total. The van der Waals surface area contributed by atoms with Crippen LogP contribution in [0.25, 0.3) is 11.0 Å². The Bertz CT molecular complexity index is 405. The first-order chi connectivity index (χ1) is 6.31. The number of nitrogens with zero attached hydrogens (tertiary/aromatic N) is 1. The summed E-state index contributed by atoms with van der Waals surface area (Å²) >= 11 is 0. The lowest BCUT2D eigenvalue weighted by Gasteiger charge is -2.09. The molecular formula is C10H13N3. The summed E-state index contributed by atoms with van der Waals surface area (Å²) in [6.07, 6.45) is 3.81. The van der Waals surface area contributed by atoms with E-state index in [4.69, 9.17) is 0 Å². The van der Waals surface area contributed by atoms with Crippen molar-refractivity contribution >= 4 is 11.0 Å². The number of hydrogen-bond donors (Lipinski definition) is 2. The van der Waals surface area contributed by atoms with Gasteiger partial charge in [-0.15, -0.1) is 0 Å². The van der Waals surface area contributed by atoms with E-state index in [1.54, 1.807) is 0 Å². The Morgan fingerprint density at radius 1 is 1.54 bits per heavy atom. The highest BCUT2D eigenvalue weighted by Gasteiger charge is 2.03. The monoisotopic (exact) mass is 175 g/mol. The average Bonchev–Trinajstić information content (AvgIpc) is 2.63. The van der Waals surface area contributed by atoms with E-state index in [0.29, 0.717) is 6.04 Å². The molecule has 0 aliphatic heterocycles. The minimum absolute atomic E-state index is 0.354. The van der Waals surface area contributed by atoms with Crippen molar-refractivity contribution < 1.29 is 0 Å². The minimum Gasteiger partial charge on any atom is -0.346 e. The fourth-order valence-corrected chi connectivity index (χ4v) is 1.36. The summed E-state index contributed by atoms with van der Waals surface area (Å²) in [7, 11) is 1.95. The van der Waals surface area contributed by atoms with Crippen LogP contribution >= 0.6 is 0 Å². The number of rotatable bonds is 2. The van der Waals surface area contributed by atoms with Crippen molar-refractivity contribution in [3.63, 3.8) is 0 Å². The number of aromatic amines is 1. The Hall–Kier alpha value is -1.35. The molecule has 0 bridgehead atoms. The van der Waals surface area contributed by atoms with Gasteiger partial charge in [0.15, 0.2) is 0 Å². The molecule has 3 heteroatoms. The second-order valence-corrected chi connectivity index (χ2v) is 3.19. The minimum atomic E-state index is 0.354. The van der Waals surface area contributed by atoms with Crippen molar-refractivity contribution in [2.45, 2.75) is 13.0 Å². The quantitative estimate of drug-likeness (QED) is 0.731. The summed E-state index contributed by atoms with van der Waals surface area (Å²) in [5.74, 6) is 0. The molecule has 0 aromatic carbocycles. The molecule has 0 aliphatic carbocycles. The van der Waals surface area contributed by atoms with Crippen LogP contribution in [0.4, 0.5) is 0 Å². The van der Waals surface area contributed by atoms with Crippen LogP contribution in [0.1, 0.15) is 18.5 Å². The third-order valence-corrected chi connectivity index (χ3v) is 2.35. The molecule has 2 aromatic rings. The molecule has 13 heavy (non-hydrogen) atoms. The molecular weight excluding hydrogens is 162 g/mol. The van der Waals surface area contributed by atoms with Gasteiger partial charge in [-0.1, -0.05) is 0 Å². The second-order valence-electron chi connectivity index (χ2n) is 3.19. The lowest BCUT2D eigenvalue weighted by molar-refractivity contribution is 0.651. The van der Waals surface area contributed by atoms with Crippen LogP contribution in [0.2, 0.25) is 0 Å². The van der Waals surface area contributed by atoms with Crippen LogP contribution in [0.15, 0.2) is 24.5 Å². The molecule has 0 unspecified atom stereocenters. The lowest BCUT2D eigenvalue weighted by atomic mass is 10.1. The van der Waals surface area contributed by atoms with E-state index in [2.05, 4.69) is 28.3 Å². The van der Waals surface area contributed by atoms with E-state index in [9.17, 15) is 0 Å². The SMILES string of the molecule is CN[C@@H](C)c1cnc2[nH]ccc2c1. The van der Waals surface area contributed by atoms with Crippen molar-refractivity contribution in [2.75, 3.05) is 7.05 Å². The van der Waals surface area contributed by atoms with Gasteiger partial charge in [-0.05, 0) is 31.7 Å². The molecule has 0 amide bonds. The standard InChI is InChI=1S/C10H13N3/c1-7(11-2)9-5-8-3-4-12-10(8)13-6-9/h3-7,11H,1-2H3,(H,12,13)/t7-/m0/s1. The molecule has 2 aromatic heterocycles.